The van der Waals surface area contributed by atoms with Crippen molar-refractivity contribution in [2.45, 2.75) is 94.4 Å². The van der Waals surface area contributed by atoms with Gasteiger partial charge in [0.15, 0.2) is 0 Å². The lowest BCUT2D eigenvalue weighted by molar-refractivity contribution is -0.192. The number of nitrogens with one attached hydrogen (secondary N) is 2. The SMILES string of the molecule is O=C(CC1C[C@H]2CC[C@@H](C1)N2)NC12CC3CC(CC(C3)C1)C2.O=C(O)C(F)(F)F. The van der Waals surface area contributed by atoms with Crippen molar-refractivity contribution < 1.29 is 27.9 Å². The van der Waals surface area contributed by atoms with E-state index in [4.69, 9.17) is 9.90 Å². The van der Waals surface area contributed by atoms with Gasteiger partial charge in [-0.2, -0.15) is 13.2 Å². The second-order valence-corrected chi connectivity index (χ2v) is 10.2. The molecule has 3 N–H and O–H groups in total. The Morgan fingerprint density at radius 3 is 1.79 bits per heavy atom. The third-order valence-electron chi connectivity index (χ3n) is 7.73. The summed E-state index contributed by atoms with van der Waals surface area (Å²) in [6.07, 6.45) is 9.01. The Hall–Kier alpha value is -1.31. The normalized spacial score (nSPS) is 42.2. The van der Waals surface area contributed by atoms with Crippen LogP contribution in [-0.2, 0) is 9.59 Å². The maximum atomic E-state index is 12.7. The highest BCUT2D eigenvalue weighted by Crippen LogP contribution is 2.55. The standard InChI is InChI=1S/C19H30N2O.C2HF3O2/c22-18(8-12-6-16-1-2-17(7-12)20-16)21-19-9-13-3-14(10-19)5-15(4-13)11-19;3-2(4,5)1(6)7/h12-17,20H,1-11H2,(H,21,22);(H,6,7)/t12?,13?,14?,15?,16-,17+,19?;. The summed E-state index contributed by atoms with van der Waals surface area (Å²) in [4.78, 5) is 21.6. The van der Waals surface area contributed by atoms with Crippen LogP contribution in [0, 0.1) is 23.7 Å². The average molecular weight is 416 g/mol. The summed E-state index contributed by atoms with van der Waals surface area (Å²) in [5, 5.41) is 14.4. The number of alkyl halides is 3. The molecular weight excluding hydrogens is 385 g/mol. The number of hydrogen-bond donors (Lipinski definition) is 3. The van der Waals surface area contributed by atoms with Crippen molar-refractivity contribution >= 4 is 11.9 Å². The molecule has 0 aromatic heterocycles. The highest BCUT2D eigenvalue weighted by molar-refractivity contribution is 5.77. The second kappa shape index (κ2) is 7.75. The molecule has 5 nitrogen and oxygen atoms in total. The number of piperidine rings is 1. The summed E-state index contributed by atoms with van der Waals surface area (Å²) in [5.41, 5.74) is 0.206. The number of amides is 1. The van der Waals surface area contributed by atoms with Gasteiger partial charge in [0.1, 0.15) is 0 Å². The molecule has 2 heterocycles. The van der Waals surface area contributed by atoms with E-state index in [1.54, 1.807) is 0 Å². The Morgan fingerprint density at radius 2 is 1.38 bits per heavy atom. The fourth-order valence-corrected chi connectivity index (χ4v) is 7.21. The number of carbonyl (C=O) groups excluding carboxylic acids is 1. The summed E-state index contributed by atoms with van der Waals surface area (Å²) >= 11 is 0. The number of rotatable bonds is 3. The van der Waals surface area contributed by atoms with E-state index in [1.165, 1.54) is 64.2 Å². The van der Waals surface area contributed by atoms with Crippen molar-refractivity contribution in [2.75, 3.05) is 0 Å². The molecule has 1 unspecified atom stereocenters. The monoisotopic (exact) mass is 416 g/mol. The van der Waals surface area contributed by atoms with Crippen LogP contribution in [0.15, 0.2) is 0 Å². The first-order valence-corrected chi connectivity index (χ1v) is 11.0. The quantitative estimate of drug-likeness (QED) is 0.657. The van der Waals surface area contributed by atoms with E-state index in [0.29, 0.717) is 23.9 Å². The molecule has 4 saturated carbocycles. The Labute approximate surface area is 169 Å². The number of carboxylic acids is 1. The molecule has 6 bridgehead atoms. The fourth-order valence-electron chi connectivity index (χ4n) is 7.21. The number of fused-ring (bicyclic) bond motifs is 2. The van der Waals surface area contributed by atoms with E-state index < -0.39 is 12.1 Å². The van der Waals surface area contributed by atoms with Crippen LogP contribution in [0.3, 0.4) is 0 Å². The first-order valence-electron chi connectivity index (χ1n) is 11.0. The van der Waals surface area contributed by atoms with Crippen molar-refractivity contribution in [1.82, 2.24) is 10.6 Å². The van der Waals surface area contributed by atoms with E-state index in [1.807, 2.05) is 0 Å². The average Bonchev–Trinajstić information content (AvgIpc) is 2.91. The summed E-state index contributed by atoms with van der Waals surface area (Å²) in [6, 6.07) is 1.41. The number of aliphatic carboxylic acids is 1. The molecule has 0 aromatic rings. The summed E-state index contributed by atoms with van der Waals surface area (Å²) < 4.78 is 31.7. The maximum absolute atomic E-state index is 12.7. The van der Waals surface area contributed by atoms with Crippen molar-refractivity contribution in [3.05, 3.63) is 0 Å². The van der Waals surface area contributed by atoms with E-state index in [9.17, 15) is 18.0 Å². The number of hydrogen-bond acceptors (Lipinski definition) is 3. The number of halogens is 3. The molecule has 29 heavy (non-hydrogen) atoms. The molecule has 0 aromatic carbocycles. The smallest absolute Gasteiger partial charge is 0.475 e. The molecule has 6 fully saturated rings. The zero-order chi connectivity index (χ0) is 20.8. The molecule has 2 aliphatic heterocycles. The molecular formula is C21H31F3N2O3. The maximum Gasteiger partial charge on any atom is 0.490 e. The van der Waals surface area contributed by atoms with Gasteiger partial charge in [-0.05, 0) is 87.9 Å². The lowest BCUT2D eigenvalue weighted by Gasteiger charge is -2.57. The van der Waals surface area contributed by atoms with Gasteiger partial charge in [-0.3, -0.25) is 4.79 Å². The highest BCUT2D eigenvalue weighted by atomic mass is 19.4. The summed E-state index contributed by atoms with van der Waals surface area (Å²) in [7, 11) is 0. The predicted octanol–water partition coefficient (Wildman–Crippen LogP) is 3.63. The van der Waals surface area contributed by atoms with Gasteiger partial charge < -0.3 is 15.7 Å². The number of carboxylic acid groups (broad SMARTS) is 1. The molecule has 6 rings (SSSR count). The van der Waals surface area contributed by atoms with Crippen LogP contribution in [0.25, 0.3) is 0 Å². The second-order valence-electron chi connectivity index (χ2n) is 10.2. The van der Waals surface area contributed by atoms with E-state index in [2.05, 4.69) is 10.6 Å². The molecule has 1 amide bonds. The third kappa shape index (κ3) is 4.89. The Kier molecular flexibility index (Phi) is 5.59. The van der Waals surface area contributed by atoms with Gasteiger partial charge in [-0.1, -0.05) is 0 Å². The van der Waals surface area contributed by atoms with Crippen LogP contribution in [0.4, 0.5) is 13.2 Å². The third-order valence-corrected chi connectivity index (χ3v) is 7.73. The Morgan fingerprint density at radius 1 is 0.931 bits per heavy atom. The minimum Gasteiger partial charge on any atom is -0.475 e. The minimum absolute atomic E-state index is 0.206. The topological polar surface area (TPSA) is 78.4 Å². The highest BCUT2D eigenvalue weighted by Gasteiger charge is 2.51. The van der Waals surface area contributed by atoms with Crippen LogP contribution in [0.1, 0.15) is 70.6 Å². The largest absolute Gasteiger partial charge is 0.490 e. The van der Waals surface area contributed by atoms with Gasteiger partial charge in [0.2, 0.25) is 5.91 Å². The number of carbonyl (C=O) groups is 2. The van der Waals surface area contributed by atoms with Gasteiger partial charge >= 0.3 is 12.1 Å². The molecule has 8 heteroatoms. The lowest BCUT2D eigenvalue weighted by atomic mass is 9.53. The van der Waals surface area contributed by atoms with Crippen molar-refractivity contribution in [1.29, 1.82) is 0 Å². The molecule has 3 atom stereocenters. The van der Waals surface area contributed by atoms with Gasteiger partial charge in [0.05, 0.1) is 0 Å². The first-order chi connectivity index (χ1) is 13.6. The van der Waals surface area contributed by atoms with E-state index in [-0.39, 0.29) is 5.54 Å². The molecule has 6 aliphatic rings. The van der Waals surface area contributed by atoms with Crippen LogP contribution >= 0.6 is 0 Å². The van der Waals surface area contributed by atoms with Gasteiger partial charge in [-0.15, -0.1) is 0 Å². The predicted molar refractivity (Wildman–Crippen MR) is 100 cm³/mol. The molecule has 2 saturated heterocycles. The van der Waals surface area contributed by atoms with Crippen molar-refractivity contribution in [3.8, 4) is 0 Å². The van der Waals surface area contributed by atoms with Gasteiger partial charge in [0, 0.05) is 24.0 Å². The lowest BCUT2D eigenvalue weighted by Crippen LogP contribution is -2.60. The van der Waals surface area contributed by atoms with Crippen LogP contribution in [0.5, 0.6) is 0 Å². The Bertz CT molecular complexity index is 604. The Balaban J connectivity index is 0.000000255. The minimum atomic E-state index is -5.08. The fraction of sp³-hybridized carbons (Fsp3) is 0.905. The van der Waals surface area contributed by atoms with Crippen molar-refractivity contribution in [2.24, 2.45) is 23.7 Å². The first kappa shape index (κ1) is 20.9. The summed E-state index contributed by atoms with van der Waals surface area (Å²) in [5.74, 6) is 0.997. The molecule has 0 radical (unpaired) electrons. The van der Waals surface area contributed by atoms with Gasteiger partial charge in [0.25, 0.3) is 0 Å². The molecule has 4 aliphatic carbocycles. The zero-order valence-corrected chi connectivity index (χ0v) is 16.6. The van der Waals surface area contributed by atoms with Crippen LogP contribution in [-0.4, -0.2) is 40.8 Å². The molecule has 0 spiro atoms. The van der Waals surface area contributed by atoms with Crippen LogP contribution < -0.4 is 10.6 Å². The zero-order valence-electron chi connectivity index (χ0n) is 16.6. The van der Waals surface area contributed by atoms with E-state index >= 15 is 0 Å². The van der Waals surface area contributed by atoms with Crippen molar-refractivity contribution in [3.63, 3.8) is 0 Å². The van der Waals surface area contributed by atoms with E-state index in [0.717, 1.165) is 24.2 Å². The molecule has 164 valence electrons. The van der Waals surface area contributed by atoms with Gasteiger partial charge in [-0.25, -0.2) is 4.79 Å². The van der Waals surface area contributed by atoms with Crippen LogP contribution in [0.2, 0.25) is 0 Å². The summed E-state index contributed by atoms with van der Waals surface area (Å²) in [6.45, 7) is 0.